The standard InChI is InChI=1S/C30H26O6/c1-19-28(36-30(33)22-13-6-3-7-14-22)26(35-29(32)21-11-4-2-5-12-21)18-25(34-19)27-23-15-9-8-10-20(23)16-17-24(27)31/h2-17,19,25-26,28,31H,18H2,1H3/t19-,25?,26-,28-/m1/s1. The number of hydrogen-bond acceptors (Lipinski definition) is 6. The molecular weight excluding hydrogens is 456 g/mol. The van der Waals surface area contributed by atoms with Crippen molar-refractivity contribution in [2.45, 2.75) is 37.8 Å². The molecule has 6 heteroatoms. The van der Waals surface area contributed by atoms with Gasteiger partial charge in [-0.05, 0) is 48.0 Å². The maximum atomic E-state index is 13.0. The van der Waals surface area contributed by atoms with Gasteiger partial charge in [0.2, 0.25) is 0 Å². The summed E-state index contributed by atoms with van der Waals surface area (Å²) in [6, 6.07) is 28.5. The first-order chi connectivity index (χ1) is 17.5. The van der Waals surface area contributed by atoms with Crippen molar-refractivity contribution in [2.24, 2.45) is 0 Å². The molecule has 1 N–H and O–H groups in total. The lowest BCUT2D eigenvalue weighted by Crippen LogP contribution is -2.48. The second-order valence-corrected chi connectivity index (χ2v) is 8.83. The van der Waals surface area contributed by atoms with Crippen LogP contribution in [0.4, 0.5) is 0 Å². The van der Waals surface area contributed by atoms with Crippen molar-refractivity contribution in [3.8, 4) is 5.75 Å². The second-order valence-electron chi connectivity index (χ2n) is 8.83. The molecule has 1 fully saturated rings. The number of fused-ring (bicyclic) bond motifs is 1. The molecule has 4 aromatic rings. The first-order valence-corrected chi connectivity index (χ1v) is 11.9. The van der Waals surface area contributed by atoms with E-state index in [9.17, 15) is 14.7 Å². The van der Waals surface area contributed by atoms with Gasteiger partial charge in [-0.15, -0.1) is 0 Å². The van der Waals surface area contributed by atoms with Crippen LogP contribution in [-0.4, -0.2) is 35.4 Å². The van der Waals surface area contributed by atoms with Crippen molar-refractivity contribution in [1.82, 2.24) is 0 Å². The fourth-order valence-corrected chi connectivity index (χ4v) is 4.68. The molecule has 0 aromatic heterocycles. The number of ether oxygens (including phenoxy) is 3. The lowest BCUT2D eigenvalue weighted by atomic mass is 9.90. The molecule has 0 spiro atoms. The van der Waals surface area contributed by atoms with Crippen LogP contribution in [0.15, 0.2) is 97.1 Å². The molecule has 1 saturated heterocycles. The Morgan fingerprint density at radius 1 is 0.778 bits per heavy atom. The number of carbonyl (C=O) groups is 2. The van der Waals surface area contributed by atoms with Crippen LogP contribution in [0.2, 0.25) is 0 Å². The van der Waals surface area contributed by atoms with Crippen molar-refractivity contribution >= 4 is 22.7 Å². The van der Waals surface area contributed by atoms with Crippen LogP contribution >= 0.6 is 0 Å². The zero-order chi connectivity index (χ0) is 25.1. The molecule has 0 bridgehead atoms. The van der Waals surface area contributed by atoms with E-state index in [1.807, 2.05) is 42.5 Å². The van der Waals surface area contributed by atoms with Gasteiger partial charge in [-0.25, -0.2) is 9.59 Å². The van der Waals surface area contributed by atoms with Crippen molar-refractivity contribution < 1.29 is 28.9 Å². The molecule has 4 atom stereocenters. The molecule has 1 aliphatic rings. The molecule has 1 unspecified atom stereocenters. The molecular formula is C30H26O6. The van der Waals surface area contributed by atoms with Gasteiger partial charge in [-0.3, -0.25) is 0 Å². The highest BCUT2D eigenvalue weighted by Crippen LogP contribution is 2.42. The zero-order valence-corrected chi connectivity index (χ0v) is 19.7. The molecule has 4 aromatic carbocycles. The molecule has 0 amide bonds. The summed E-state index contributed by atoms with van der Waals surface area (Å²) in [6.07, 6.45) is -2.61. The Morgan fingerprint density at radius 2 is 1.36 bits per heavy atom. The Kier molecular flexibility index (Phi) is 6.69. The number of aromatic hydroxyl groups is 1. The van der Waals surface area contributed by atoms with Crippen LogP contribution in [0.25, 0.3) is 10.8 Å². The van der Waals surface area contributed by atoms with E-state index in [1.165, 1.54) is 0 Å². The summed E-state index contributed by atoms with van der Waals surface area (Å²) in [4.78, 5) is 25.9. The molecule has 182 valence electrons. The molecule has 1 heterocycles. The molecule has 36 heavy (non-hydrogen) atoms. The minimum atomic E-state index is -0.835. The number of rotatable bonds is 5. The van der Waals surface area contributed by atoms with Gasteiger partial charge in [0.1, 0.15) is 11.9 Å². The lowest BCUT2D eigenvalue weighted by Gasteiger charge is -2.40. The van der Waals surface area contributed by atoms with Gasteiger partial charge in [0, 0.05) is 12.0 Å². The van der Waals surface area contributed by atoms with Gasteiger partial charge in [0.25, 0.3) is 0 Å². The van der Waals surface area contributed by atoms with Crippen molar-refractivity contribution in [1.29, 1.82) is 0 Å². The van der Waals surface area contributed by atoms with Crippen LogP contribution in [0.5, 0.6) is 5.75 Å². The summed E-state index contributed by atoms with van der Waals surface area (Å²) in [5.74, 6) is -0.946. The summed E-state index contributed by atoms with van der Waals surface area (Å²) in [6.45, 7) is 1.78. The SMILES string of the molecule is C[C@H]1OC(c2c(O)ccc3ccccc23)C[C@@H](OC(=O)c2ccccc2)[C@@H]1OC(=O)c1ccccc1. The summed E-state index contributed by atoms with van der Waals surface area (Å²) in [5, 5.41) is 12.6. The van der Waals surface area contributed by atoms with Crippen molar-refractivity contribution in [2.75, 3.05) is 0 Å². The highest BCUT2D eigenvalue weighted by molar-refractivity contribution is 5.91. The highest BCUT2D eigenvalue weighted by Gasteiger charge is 2.43. The van der Waals surface area contributed by atoms with E-state index < -0.39 is 36.4 Å². The van der Waals surface area contributed by atoms with E-state index in [4.69, 9.17) is 14.2 Å². The van der Waals surface area contributed by atoms with Gasteiger partial charge in [-0.2, -0.15) is 0 Å². The quantitative estimate of drug-likeness (QED) is 0.360. The van der Waals surface area contributed by atoms with Crippen LogP contribution in [0.3, 0.4) is 0 Å². The Balaban J connectivity index is 1.47. The molecule has 0 radical (unpaired) electrons. The Hall–Kier alpha value is -4.16. The first-order valence-electron chi connectivity index (χ1n) is 11.9. The lowest BCUT2D eigenvalue weighted by molar-refractivity contribution is -0.167. The smallest absolute Gasteiger partial charge is 0.338 e. The van der Waals surface area contributed by atoms with E-state index in [1.54, 1.807) is 61.5 Å². The number of esters is 2. The minimum Gasteiger partial charge on any atom is -0.508 e. The third-order valence-electron chi connectivity index (χ3n) is 6.44. The average molecular weight is 483 g/mol. The summed E-state index contributed by atoms with van der Waals surface area (Å²) < 4.78 is 18.1. The molecule has 0 aliphatic carbocycles. The number of carbonyl (C=O) groups excluding carboxylic acids is 2. The molecule has 6 nitrogen and oxygen atoms in total. The minimum absolute atomic E-state index is 0.0961. The van der Waals surface area contributed by atoms with Crippen LogP contribution in [0.1, 0.15) is 45.7 Å². The van der Waals surface area contributed by atoms with Gasteiger partial charge < -0.3 is 19.3 Å². The largest absolute Gasteiger partial charge is 0.508 e. The van der Waals surface area contributed by atoms with E-state index >= 15 is 0 Å². The van der Waals surface area contributed by atoms with E-state index in [2.05, 4.69) is 0 Å². The van der Waals surface area contributed by atoms with Crippen molar-refractivity contribution in [3.63, 3.8) is 0 Å². The van der Waals surface area contributed by atoms with Gasteiger partial charge in [-0.1, -0.05) is 66.7 Å². The fraction of sp³-hybridized carbons (Fsp3) is 0.200. The van der Waals surface area contributed by atoms with Crippen LogP contribution < -0.4 is 0 Å². The van der Waals surface area contributed by atoms with Gasteiger partial charge in [0.15, 0.2) is 6.10 Å². The third kappa shape index (κ3) is 4.81. The first kappa shape index (κ1) is 23.6. The maximum absolute atomic E-state index is 13.0. The van der Waals surface area contributed by atoms with Crippen molar-refractivity contribution in [3.05, 3.63) is 114 Å². The third-order valence-corrected chi connectivity index (χ3v) is 6.44. The topological polar surface area (TPSA) is 82.1 Å². The molecule has 5 rings (SSSR count). The molecule has 0 saturated carbocycles. The summed E-state index contributed by atoms with van der Waals surface area (Å²) in [7, 11) is 0. The Morgan fingerprint density at radius 3 is 2.03 bits per heavy atom. The molecule has 1 aliphatic heterocycles. The number of phenolic OH excluding ortho intramolecular Hbond substituents is 1. The van der Waals surface area contributed by atoms with E-state index in [0.29, 0.717) is 16.7 Å². The predicted octanol–water partition coefficient (Wildman–Crippen LogP) is 5.85. The average Bonchev–Trinajstić information content (AvgIpc) is 2.91. The number of benzene rings is 4. The summed E-state index contributed by atoms with van der Waals surface area (Å²) in [5.41, 5.74) is 1.41. The Labute approximate surface area is 209 Å². The Bertz CT molecular complexity index is 1370. The van der Waals surface area contributed by atoms with E-state index in [-0.39, 0.29) is 12.2 Å². The predicted molar refractivity (Wildman–Crippen MR) is 135 cm³/mol. The maximum Gasteiger partial charge on any atom is 0.338 e. The van der Waals surface area contributed by atoms with Crippen LogP contribution in [-0.2, 0) is 14.2 Å². The second kappa shape index (κ2) is 10.2. The van der Waals surface area contributed by atoms with E-state index in [0.717, 1.165) is 10.8 Å². The number of phenols is 1. The zero-order valence-electron chi connectivity index (χ0n) is 19.7. The fourth-order valence-electron chi connectivity index (χ4n) is 4.68. The van der Waals surface area contributed by atoms with Crippen LogP contribution in [0, 0.1) is 0 Å². The monoisotopic (exact) mass is 482 g/mol. The highest BCUT2D eigenvalue weighted by atomic mass is 16.6. The van der Waals surface area contributed by atoms with Gasteiger partial charge in [0.05, 0.1) is 23.3 Å². The normalized spacial score (nSPS) is 21.6. The summed E-state index contributed by atoms with van der Waals surface area (Å²) >= 11 is 0. The van der Waals surface area contributed by atoms with Gasteiger partial charge >= 0.3 is 11.9 Å². The number of hydrogen-bond donors (Lipinski definition) is 1.